The third-order valence-electron chi connectivity index (χ3n) is 3.41. The van der Waals surface area contributed by atoms with Gasteiger partial charge in [-0.3, -0.25) is 4.79 Å². The maximum Gasteiger partial charge on any atom is 0.307 e. The molecule has 2 aromatic rings. The highest BCUT2D eigenvalue weighted by molar-refractivity contribution is 5.71. The number of rotatable bonds is 3. The van der Waals surface area contributed by atoms with E-state index in [-0.39, 0.29) is 6.42 Å². The minimum absolute atomic E-state index is 0.0929. The second-order valence-electron chi connectivity index (χ2n) is 5.02. The van der Waals surface area contributed by atoms with Crippen LogP contribution in [0.5, 0.6) is 0 Å². The van der Waals surface area contributed by atoms with Crippen molar-refractivity contribution in [2.75, 3.05) is 0 Å². The molecule has 108 valence electrons. The zero-order valence-corrected chi connectivity index (χ0v) is 12.4. The number of nitriles is 1. The van der Waals surface area contributed by atoms with Crippen LogP contribution in [0, 0.1) is 39.0 Å². The molecule has 0 saturated carbocycles. The fraction of sp³-hybridized carbons (Fsp3) is 0.333. The molecule has 2 aromatic heterocycles. The fourth-order valence-electron chi connectivity index (χ4n) is 2.40. The van der Waals surface area contributed by atoms with Gasteiger partial charge in [0.1, 0.15) is 6.07 Å². The minimum Gasteiger partial charge on any atom is -0.481 e. The van der Waals surface area contributed by atoms with Crippen molar-refractivity contribution in [2.45, 2.75) is 34.1 Å². The largest absolute Gasteiger partial charge is 0.481 e. The van der Waals surface area contributed by atoms with Gasteiger partial charge in [0.05, 0.1) is 17.7 Å². The van der Waals surface area contributed by atoms with Crippen LogP contribution < -0.4 is 0 Å². The maximum absolute atomic E-state index is 10.9. The van der Waals surface area contributed by atoms with E-state index in [0.29, 0.717) is 28.3 Å². The molecule has 0 aromatic carbocycles. The highest BCUT2D eigenvalue weighted by Crippen LogP contribution is 2.22. The summed E-state index contributed by atoms with van der Waals surface area (Å²) in [7, 11) is 0. The van der Waals surface area contributed by atoms with Crippen LogP contribution in [-0.2, 0) is 11.2 Å². The standard InChI is InChI=1S/C15H16N4O2/c1-8-5-9(2)17-15(13(8)7-16)19-11(4)12(6-14(20)21)10(3)18-19/h5H,6H2,1-4H3,(H,20,21). The van der Waals surface area contributed by atoms with Crippen molar-refractivity contribution in [2.24, 2.45) is 0 Å². The predicted octanol–water partition coefficient (Wildman–Crippen LogP) is 2.00. The number of hydrogen-bond donors (Lipinski definition) is 1. The van der Waals surface area contributed by atoms with E-state index < -0.39 is 5.97 Å². The molecule has 2 rings (SSSR count). The van der Waals surface area contributed by atoms with Crippen molar-refractivity contribution in [3.63, 3.8) is 0 Å². The van der Waals surface area contributed by atoms with Crippen molar-refractivity contribution in [1.29, 1.82) is 5.26 Å². The van der Waals surface area contributed by atoms with Gasteiger partial charge < -0.3 is 5.11 Å². The van der Waals surface area contributed by atoms with Gasteiger partial charge in [-0.25, -0.2) is 9.67 Å². The van der Waals surface area contributed by atoms with Crippen LogP contribution in [0.25, 0.3) is 5.82 Å². The molecule has 1 N–H and O–H groups in total. The smallest absolute Gasteiger partial charge is 0.307 e. The third kappa shape index (κ3) is 2.63. The number of carboxylic acids is 1. The molecule has 0 aliphatic carbocycles. The molecule has 0 fully saturated rings. The van der Waals surface area contributed by atoms with E-state index in [4.69, 9.17) is 5.11 Å². The predicted molar refractivity (Wildman–Crippen MR) is 76.4 cm³/mol. The second-order valence-corrected chi connectivity index (χ2v) is 5.02. The number of pyridine rings is 1. The SMILES string of the molecule is Cc1cc(C)c(C#N)c(-n2nc(C)c(CC(=O)O)c2C)n1. The molecule has 0 spiro atoms. The van der Waals surface area contributed by atoms with Crippen molar-refractivity contribution in [1.82, 2.24) is 14.8 Å². The third-order valence-corrected chi connectivity index (χ3v) is 3.41. The molecule has 0 saturated heterocycles. The molecule has 0 unspecified atom stereocenters. The van der Waals surface area contributed by atoms with Gasteiger partial charge in [-0.1, -0.05) is 0 Å². The average Bonchev–Trinajstić information content (AvgIpc) is 2.65. The number of aryl methyl sites for hydroxylation is 3. The van der Waals surface area contributed by atoms with Gasteiger partial charge in [0, 0.05) is 17.0 Å². The van der Waals surface area contributed by atoms with Crippen LogP contribution in [0.15, 0.2) is 6.07 Å². The van der Waals surface area contributed by atoms with E-state index >= 15 is 0 Å². The molecule has 0 aliphatic heterocycles. The Morgan fingerprint density at radius 2 is 2.05 bits per heavy atom. The molecular weight excluding hydrogens is 268 g/mol. The highest BCUT2D eigenvalue weighted by Gasteiger charge is 2.19. The van der Waals surface area contributed by atoms with Gasteiger partial charge in [0.15, 0.2) is 5.82 Å². The summed E-state index contributed by atoms with van der Waals surface area (Å²) < 4.78 is 1.56. The molecule has 0 atom stereocenters. The van der Waals surface area contributed by atoms with Crippen molar-refractivity contribution >= 4 is 5.97 Å². The van der Waals surface area contributed by atoms with Crippen molar-refractivity contribution < 1.29 is 9.90 Å². The highest BCUT2D eigenvalue weighted by atomic mass is 16.4. The summed E-state index contributed by atoms with van der Waals surface area (Å²) in [5.41, 5.74) is 4.06. The normalized spacial score (nSPS) is 10.4. The number of hydrogen-bond acceptors (Lipinski definition) is 4. The van der Waals surface area contributed by atoms with Crippen molar-refractivity contribution in [3.8, 4) is 11.9 Å². The molecule has 6 nitrogen and oxygen atoms in total. The molecule has 0 radical (unpaired) electrons. The Hall–Kier alpha value is -2.68. The van der Waals surface area contributed by atoms with Crippen LogP contribution in [0.2, 0.25) is 0 Å². The maximum atomic E-state index is 10.9. The Balaban J connectivity index is 2.69. The summed E-state index contributed by atoms with van der Waals surface area (Å²) in [4.78, 5) is 15.3. The summed E-state index contributed by atoms with van der Waals surface area (Å²) in [5, 5.41) is 22.7. The van der Waals surface area contributed by atoms with Crippen LogP contribution >= 0.6 is 0 Å². The van der Waals surface area contributed by atoms with Crippen LogP contribution in [-0.4, -0.2) is 25.8 Å². The fourth-order valence-corrected chi connectivity index (χ4v) is 2.40. The minimum atomic E-state index is -0.908. The Labute approximate surface area is 122 Å². The van der Waals surface area contributed by atoms with Crippen LogP contribution in [0.3, 0.4) is 0 Å². The number of carboxylic acid groups (broad SMARTS) is 1. The lowest BCUT2D eigenvalue weighted by atomic mass is 10.1. The van der Waals surface area contributed by atoms with E-state index in [2.05, 4.69) is 16.2 Å². The number of nitrogens with zero attached hydrogens (tertiary/aromatic N) is 4. The number of carbonyl (C=O) groups is 1. The van der Waals surface area contributed by atoms with Gasteiger partial charge in [0.25, 0.3) is 0 Å². The van der Waals surface area contributed by atoms with Crippen LogP contribution in [0.1, 0.15) is 33.8 Å². The number of aliphatic carboxylic acids is 1. The first-order valence-corrected chi connectivity index (χ1v) is 6.50. The van der Waals surface area contributed by atoms with Crippen molar-refractivity contribution in [3.05, 3.63) is 39.8 Å². The zero-order valence-electron chi connectivity index (χ0n) is 12.4. The Kier molecular flexibility index (Phi) is 3.76. The first-order chi connectivity index (χ1) is 9.85. The zero-order chi connectivity index (χ0) is 15.7. The molecule has 2 heterocycles. The molecule has 6 heteroatoms. The Bertz CT molecular complexity index is 769. The summed E-state index contributed by atoms with van der Waals surface area (Å²) in [6.07, 6.45) is -0.0929. The molecule has 0 bridgehead atoms. The lowest BCUT2D eigenvalue weighted by Crippen LogP contribution is -2.08. The summed E-state index contributed by atoms with van der Waals surface area (Å²) in [5.74, 6) is -0.457. The summed E-state index contributed by atoms with van der Waals surface area (Å²) >= 11 is 0. The lowest BCUT2D eigenvalue weighted by molar-refractivity contribution is -0.136. The average molecular weight is 284 g/mol. The van der Waals surface area contributed by atoms with E-state index in [1.165, 1.54) is 0 Å². The van der Waals surface area contributed by atoms with Gasteiger partial charge in [0.2, 0.25) is 0 Å². The van der Waals surface area contributed by atoms with Crippen LogP contribution in [0.4, 0.5) is 0 Å². The summed E-state index contributed by atoms with van der Waals surface area (Å²) in [6.45, 7) is 7.25. The quantitative estimate of drug-likeness (QED) is 0.930. The topological polar surface area (TPSA) is 91.8 Å². The summed E-state index contributed by atoms with van der Waals surface area (Å²) in [6, 6.07) is 3.99. The Morgan fingerprint density at radius 1 is 1.38 bits per heavy atom. The number of aromatic nitrogens is 3. The van der Waals surface area contributed by atoms with Gasteiger partial charge >= 0.3 is 5.97 Å². The van der Waals surface area contributed by atoms with E-state index in [1.54, 1.807) is 18.5 Å². The second kappa shape index (κ2) is 5.37. The van der Waals surface area contributed by atoms with Gasteiger partial charge in [-0.15, -0.1) is 0 Å². The molecule has 21 heavy (non-hydrogen) atoms. The van der Waals surface area contributed by atoms with Gasteiger partial charge in [-0.05, 0) is 39.3 Å². The van der Waals surface area contributed by atoms with E-state index in [9.17, 15) is 10.1 Å². The molecule has 0 amide bonds. The van der Waals surface area contributed by atoms with E-state index in [1.807, 2.05) is 19.9 Å². The molecule has 0 aliphatic rings. The lowest BCUT2D eigenvalue weighted by Gasteiger charge is -2.09. The van der Waals surface area contributed by atoms with E-state index in [0.717, 1.165) is 11.3 Å². The Morgan fingerprint density at radius 3 is 2.62 bits per heavy atom. The first kappa shape index (κ1) is 14.7. The van der Waals surface area contributed by atoms with Gasteiger partial charge in [-0.2, -0.15) is 10.4 Å². The first-order valence-electron chi connectivity index (χ1n) is 6.50. The molecular formula is C15H16N4O2. The monoisotopic (exact) mass is 284 g/mol.